The summed E-state index contributed by atoms with van der Waals surface area (Å²) in [4.78, 5) is 19.5. The van der Waals surface area contributed by atoms with Gasteiger partial charge in [-0.25, -0.2) is 0 Å². The van der Waals surface area contributed by atoms with E-state index in [4.69, 9.17) is 16.3 Å². The average molecular weight is 436 g/mol. The molecule has 31 heavy (non-hydrogen) atoms. The van der Waals surface area contributed by atoms with Gasteiger partial charge in [-0.05, 0) is 55.2 Å². The molecule has 0 spiro atoms. The zero-order valence-electron chi connectivity index (χ0n) is 17.6. The Kier molecular flexibility index (Phi) is 5.32. The molecule has 6 heteroatoms. The summed E-state index contributed by atoms with van der Waals surface area (Å²) in [5, 5.41) is 5.62. The van der Waals surface area contributed by atoms with Gasteiger partial charge in [-0.3, -0.25) is 9.78 Å². The van der Waals surface area contributed by atoms with Crippen molar-refractivity contribution in [3.63, 3.8) is 0 Å². The van der Waals surface area contributed by atoms with E-state index in [1.165, 1.54) is 0 Å². The van der Waals surface area contributed by atoms with Gasteiger partial charge in [-0.1, -0.05) is 35.9 Å². The molecular weight excluding hydrogens is 410 g/mol. The van der Waals surface area contributed by atoms with Crippen molar-refractivity contribution in [1.29, 1.82) is 0 Å². The fraction of sp³-hybridized carbons (Fsp3) is 0.360. The second-order valence-electron chi connectivity index (χ2n) is 8.57. The van der Waals surface area contributed by atoms with E-state index in [1.54, 1.807) is 0 Å². The molecule has 1 saturated heterocycles. The lowest BCUT2D eigenvalue weighted by Gasteiger charge is -2.50. The van der Waals surface area contributed by atoms with Crippen molar-refractivity contribution in [2.75, 3.05) is 31.6 Å². The van der Waals surface area contributed by atoms with E-state index in [0.29, 0.717) is 26.3 Å². The molecule has 2 aromatic carbocycles. The van der Waals surface area contributed by atoms with Crippen molar-refractivity contribution in [3.8, 4) is 0 Å². The molecule has 2 heterocycles. The molecule has 2 fully saturated rings. The summed E-state index contributed by atoms with van der Waals surface area (Å²) >= 11 is 6.48. The molecule has 0 unspecified atom stereocenters. The highest BCUT2D eigenvalue weighted by molar-refractivity contribution is 6.31. The van der Waals surface area contributed by atoms with Crippen molar-refractivity contribution in [1.82, 2.24) is 9.88 Å². The fourth-order valence-electron chi connectivity index (χ4n) is 4.93. The summed E-state index contributed by atoms with van der Waals surface area (Å²) in [5.74, 6) is 0.239. The lowest BCUT2D eigenvalue weighted by Crippen LogP contribution is -2.55. The van der Waals surface area contributed by atoms with Crippen LogP contribution < -0.4 is 5.32 Å². The van der Waals surface area contributed by atoms with E-state index in [2.05, 4.69) is 47.6 Å². The van der Waals surface area contributed by atoms with Gasteiger partial charge in [0.15, 0.2) is 0 Å². The monoisotopic (exact) mass is 435 g/mol. The Hall–Kier alpha value is -2.63. The third-order valence-electron chi connectivity index (χ3n) is 6.63. The first-order chi connectivity index (χ1) is 15.1. The molecule has 0 atom stereocenters. The van der Waals surface area contributed by atoms with Gasteiger partial charge in [0.25, 0.3) is 0 Å². The van der Waals surface area contributed by atoms with E-state index in [1.807, 2.05) is 29.3 Å². The molecule has 1 aliphatic heterocycles. The largest absolute Gasteiger partial charge is 0.378 e. The minimum absolute atomic E-state index is 0.00237. The van der Waals surface area contributed by atoms with E-state index in [-0.39, 0.29) is 17.4 Å². The first kappa shape index (κ1) is 20.3. The third kappa shape index (κ3) is 3.77. The number of hydrogen-bond acceptors (Lipinski definition) is 4. The summed E-state index contributed by atoms with van der Waals surface area (Å²) < 4.78 is 5.41. The molecule has 1 saturated carbocycles. The molecule has 1 aliphatic carbocycles. The highest BCUT2D eigenvalue weighted by atomic mass is 35.5. The zero-order chi connectivity index (χ0) is 21.4. The maximum absolute atomic E-state index is 13.1. The Labute approximate surface area is 187 Å². The second kappa shape index (κ2) is 8.13. The molecule has 5 rings (SSSR count). The smallest absolute Gasteiger partial charge is 0.226 e. The maximum Gasteiger partial charge on any atom is 0.226 e. The molecule has 160 valence electrons. The van der Waals surface area contributed by atoms with Crippen LogP contribution in [0.5, 0.6) is 0 Å². The van der Waals surface area contributed by atoms with Gasteiger partial charge in [-0.15, -0.1) is 0 Å². The number of morpholine rings is 1. The Balaban J connectivity index is 1.45. The zero-order valence-corrected chi connectivity index (χ0v) is 18.4. The summed E-state index contributed by atoms with van der Waals surface area (Å²) in [7, 11) is 0. The van der Waals surface area contributed by atoms with Crippen LogP contribution in [-0.2, 0) is 15.1 Å². The second-order valence-corrected chi connectivity index (χ2v) is 8.98. The van der Waals surface area contributed by atoms with Gasteiger partial charge in [0, 0.05) is 41.3 Å². The molecule has 3 aromatic rings. The van der Waals surface area contributed by atoms with Gasteiger partial charge in [-0.2, -0.15) is 0 Å². The molecule has 0 bridgehead atoms. The van der Waals surface area contributed by atoms with Crippen LogP contribution in [0, 0.1) is 12.8 Å². The number of ether oxygens (including phenoxy) is 1. The Morgan fingerprint density at radius 2 is 1.97 bits per heavy atom. The molecule has 0 radical (unpaired) electrons. The lowest BCUT2D eigenvalue weighted by atomic mass is 9.63. The number of carbonyl (C=O) groups is 1. The molecule has 1 aromatic heterocycles. The predicted octanol–water partition coefficient (Wildman–Crippen LogP) is 4.77. The number of rotatable bonds is 4. The number of aromatic nitrogens is 1. The van der Waals surface area contributed by atoms with Gasteiger partial charge in [0.1, 0.15) is 0 Å². The number of nitrogens with zero attached hydrogens (tertiary/aromatic N) is 2. The molecule has 2 aliphatic rings. The van der Waals surface area contributed by atoms with Crippen molar-refractivity contribution in [2.45, 2.75) is 25.3 Å². The van der Waals surface area contributed by atoms with E-state index in [9.17, 15) is 4.79 Å². The molecule has 1 N–H and O–H groups in total. The van der Waals surface area contributed by atoms with Gasteiger partial charge in [0.05, 0.1) is 24.3 Å². The Morgan fingerprint density at radius 3 is 2.77 bits per heavy atom. The van der Waals surface area contributed by atoms with Gasteiger partial charge >= 0.3 is 0 Å². The standard InChI is InChI=1S/C25H26ClN3O2/c1-17-21(5-2-6-22(17)26)25(15-19(16-25)24(30)29-10-12-31-13-11-29)28-20-8-7-18-4-3-9-27-23(18)14-20/h2-9,14,19,28H,10-13,15-16H2,1H3. The van der Waals surface area contributed by atoms with Crippen LogP contribution >= 0.6 is 11.6 Å². The summed E-state index contributed by atoms with van der Waals surface area (Å²) in [6.45, 7) is 4.67. The number of amides is 1. The third-order valence-corrected chi connectivity index (χ3v) is 7.04. The summed E-state index contributed by atoms with van der Waals surface area (Å²) in [5.41, 5.74) is 3.85. The number of nitrogens with one attached hydrogen (secondary N) is 1. The topological polar surface area (TPSA) is 54.5 Å². The fourth-order valence-corrected chi connectivity index (χ4v) is 5.11. The Morgan fingerprint density at radius 1 is 1.16 bits per heavy atom. The number of carbonyl (C=O) groups excluding carboxylic acids is 1. The number of pyridine rings is 1. The maximum atomic E-state index is 13.1. The van der Waals surface area contributed by atoms with Gasteiger partial charge in [0.2, 0.25) is 5.91 Å². The summed E-state index contributed by atoms with van der Waals surface area (Å²) in [6.07, 6.45) is 3.29. The van der Waals surface area contributed by atoms with Crippen LogP contribution in [0.2, 0.25) is 5.02 Å². The lowest BCUT2D eigenvalue weighted by molar-refractivity contribution is -0.144. The highest BCUT2D eigenvalue weighted by Crippen LogP contribution is 2.50. The van der Waals surface area contributed by atoms with E-state index < -0.39 is 0 Å². The van der Waals surface area contributed by atoms with Crippen LogP contribution in [0.3, 0.4) is 0 Å². The first-order valence-corrected chi connectivity index (χ1v) is 11.2. The predicted molar refractivity (Wildman–Crippen MR) is 123 cm³/mol. The quantitative estimate of drug-likeness (QED) is 0.641. The SMILES string of the molecule is Cc1c(Cl)cccc1C1(Nc2ccc3cccnc3c2)CC(C(=O)N2CCOCC2)C1. The van der Waals surface area contributed by atoms with Crippen molar-refractivity contribution < 1.29 is 9.53 Å². The molecule has 1 amide bonds. The van der Waals surface area contributed by atoms with Crippen LogP contribution in [0.25, 0.3) is 10.9 Å². The van der Waals surface area contributed by atoms with Crippen molar-refractivity contribution >= 4 is 34.1 Å². The van der Waals surface area contributed by atoms with Crippen LogP contribution in [-0.4, -0.2) is 42.1 Å². The van der Waals surface area contributed by atoms with Crippen LogP contribution in [0.4, 0.5) is 5.69 Å². The number of anilines is 1. The number of halogens is 1. The minimum atomic E-state index is -0.329. The van der Waals surface area contributed by atoms with Crippen molar-refractivity contribution in [2.24, 2.45) is 5.92 Å². The Bertz CT molecular complexity index is 1120. The summed E-state index contributed by atoms with van der Waals surface area (Å²) in [6, 6.07) is 16.3. The van der Waals surface area contributed by atoms with Crippen LogP contribution in [0.15, 0.2) is 54.7 Å². The molecule has 5 nitrogen and oxygen atoms in total. The normalized spacial score (nSPS) is 23.4. The van der Waals surface area contributed by atoms with E-state index in [0.717, 1.165) is 45.6 Å². The van der Waals surface area contributed by atoms with Crippen molar-refractivity contribution in [3.05, 3.63) is 70.9 Å². The van der Waals surface area contributed by atoms with Crippen LogP contribution in [0.1, 0.15) is 24.0 Å². The average Bonchev–Trinajstić information content (AvgIpc) is 2.78. The molecular formula is C25H26ClN3O2. The first-order valence-electron chi connectivity index (χ1n) is 10.8. The van der Waals surface area contributed by atoms with E-state index >= 15 is 0 Å². The highest BCUT2D eigenvalue weighted by Gasteiger charge is 2.50. The van der Waals surface area contributed by atoms with Gasteiger partial charge < -0.3 is 15.0 Å². The minimum Gasteiger partial charge on any atom is -0.378 e. The number of fused-ring (bicyclic) bond motifs is 1. The number of benzene rings is 2. The number of hydrogen-bond donors (Lipinski definition) is 1.